The van der Waals surface area contributed by atoms with Gasteiger partial charge in [-0.1, -0.05) is 55.8 Å². The van der Waals surface area contributed by atoms with E-state index < -0.39 is 0 Å². The number of esters is 1. The lowest BCUT2D eigenvalue weighted by molar-refractivity contribution is -0.139. The summed E-state index contributed by atoms with van der Waals surface area (Å²) in [7, 11) is 0. The van der Waals surface area contributed by atoms with Gasteiger partial charge in [-0.05, 0) is 35.4 Å². The van der Waals surface area contributed by atoms with Crippen molar-refractivity contribution in [3.05, 3.63) is 40.6 Å². The van der Waals surface area contributed by atoms with Crippen molar-refractivity contribution in [1.29, 1.82) is 5.26 Å². The lowest BCUT2D eigenvalue weighted by Crippen LogP contribution is -2.14. The Balaban J connectivity index is 2.63. The Morgan fingerprint density at radius 3 is 2.45 bits per heavy atom. The zero-order valence-corrected chi connectivity index (χ0v) is 15.1. The van der Waals surface area contributed by atoms with Crippen LogP contribution in [0.5, 0.6) is 0 Å². The number of ether oxygens (including phenoxy) is 1. The van der Waals surface area contributed by atoms with E-state index in [1.807, 2.05) is 19.1 Å². The van der Waals surface area contributed by atoms with Crippen LogP contribution in [-0.4, -0.2) is 5.97 Å². The summed E-state index contributed by atoms with van der Waals surface area (Å²) in [6.45, 7) is 8.48. The van der Waals surface area contributed by atoms with Crippen LogP contribution < -0.4 is 0 Å². The van der Waals surface area contributed by atoms with Gasteiger partial charge < -0.3 is 4.74 Å². The summed E-state index contributed by atoms with van der Waals surface area (Å²) in [6.07, 6.45) is 2.55. The number of hydrogen-bond acceptors (Lipinski definition) is 3. The number of hydrogen-bond donors (Lipinski definition) is 0. The van der Waals surface area contributed by atoms with Crippen molar-refractivity contribution in [3.8, 4) is 6.07 Å². The average molecular weight is 364 g/mol. The molecule has 1 aromatic rings. The van der Waals surface area contributed by atoms with Gasteiger partial charge in [-0.25, -0.2) is 0 Å². The van der Waals surface area contributed by atoms with E-state index in [1.165, 1.54) is 6.26 Å². The molecule has 4 heteroatoms. The van der Waals surface area contributed by atoms with Gasteiger partial charge in [0.05, 0.1) is 5.57 Å². The third-order valence-corrected chi connectivity index (χ3v) is 3.59. The number of allylic oxidation sites excluding steroid dienone is 1. The molecule has 0 amide bonds. The van der Waals surface area contributed by atoms with E-state index in [0.29, 0.717) is 12.0 Å². The van der Waals surface area contributed by atoms with E-state index in [9.17, 15) is 10.1 Å². The van der Waals surface area contributed by atoms with Gasteiger partial charge in [-0.15, -0.1) is 0 Å². The minimum Gasteiger partial charge on any atom is -0.433 e. The van der Waals surface area contributed by atoms with E-state index in [1.54, 1.807) is 12.1 Å². The summed E-state index contributed by atoms with van der Waals surface area (Å²) in [5.74, 6) is -0.0549. The van der Waals surface area contributed by atoms with Crippen LogP contribution in [0.3, 0.4) is 0 Å². The molecule has 22 heavy (non-hydrogen) atoms. The molecule has 118 valence electrons. The van der Waals surface area contributed by atoms with Crippen molar-refractivity contribution in [2.75, 3.05) is 0 Å². The summed E-state index contributed by atoms with van der Waals surface area (Å²) in [6, 6.07) is 9.34. The highest BCUT2D eigenvalue weighted by atomic mass is 79.9. The number of rotatable bonds is 5. The molecule has 0 spiro atoms. The molecule has 0 heterocycles. The monoisotopic (exact) mass is 363 g/mol. The Bertz CT molecular complexity index is 577. The highest BCUT2D eigenvalue weighted by Crippen LogP contribution is 2.26. The predicted molar refractivity (Wildman–Crippen MR) is 91.7 cm³/mol. The highest BCUT2D eigenvalue weighted by molar-refractivity contribution is 9.10. The standard InChI is InChI=1S/C18H22BrNO2/c1-13(10-18(2,3)4)9-17(21)22-12-15(11-20)14-5-7-16(19)8-6-14/h5-8,12-13H,9-10H2,1-4H3/b15-12+. The number of halogens is 1. The normalized spacial score (nSPS) is 13.4. The molecule has 0 fully saturated rings. The molecule has 1 rings (SSSR count). The predicted octanol–water partition coefficient (Wildman–Crippen LogP) is 5.32. The van der Waals surface area contributed by atoms with Gasteiger partial charge in [0.25, 0.3) is 0 Å². The van der Waals surface area contributed by atoms with Crippen LogP contribution in [0.4, 0.5) is 0 Å². The number of carbonyl (C=O) groups is 1. The molecule has 3 nitrogen and oxygen atoms in total. The molecule has 0 aliphatic heterocycles. The first kappa shape index (κ1) is 18.4. The summed E-state index contributed by atoms with van der Waals surface area (Å²) in [5.41, 5.74) is 1.25. The van der Waals surface area contributed by atoms with E-state index in [-0.39, 0.29) is 17.3 Å². The fourth-order valence-corrected chi connectivity index (χ4v) is 2.63. The molecule has 0 N–H and O–H groups in total. The van der Waals surface area contributed by atoms with Gasteiger partial charge in [0.1, 0.15) is 12.3 Å². The third kappa shape index (κ3) is 6.91. The highest BCUT2D eigenvalue weighted by Gasteiger charge is 2.18. The maximum Gasteiger partial charge on any atom is 0.310 e. The van der Waals surface area contributed by atoms with Gasteiger partial charge >= 0.3 is 5.97 Å². The minimum atomic E-state index is -0.304. The molecule has 0 aromatic heterocycles. The number of nitriles is 1. The van der Waals surface area contributed by atoms with E-state index in [4.69, 9.17) is 4.74 Å². The van der Waals surface area contributed by atoms with Crippen LogP contribution in [0.2, 0.25) is 0 Å². The second kappa shape index (κ2) is 8.14. The van der Waals surface area contributed by atoms with Gasteiger partial charge in [-0.3, -0.25) is 4.79 Å². The van der Waals surface area contributed by atoms with Gasteiger partial charge in [0.2, 0.25) is 0 Å². The van der Waals surface area contributed by atoms with Crippen molar-refractivity contribution in [2.45, 2.75) is 40.5 Å². The second-order valence-electron chi connectivity index (χ2n) is 6.71. The Kier molecular flexibility index (Phi) is 6.83. The Morgan fingerprint density at radius 1 is 1.36 bits per heavy atom. The molecule has 0 saturated carbocycles. The number of carbonyl (C=O) groups excluding carboxylic acids is 1. The third-order valence-electron chi connectivity index (χ3n) is 3.06. The zero-order valence-electron chi connectivity index (χ0n) is 13.5. The molecule has 1 atom stereocenters. The van der Waals surface area contributed by atoms with E-state index >= 15 is 0 Å². The van der Waals surface area contributed by atoms with Crippen LogP contribution in [0, 0.1) is 22.7 Å². The first-order valence-corrected chi connectivity index (χ1v) is 8.06. The molecule has 1 aromatic carbocycles. The summed E-state index contributed by atoms with van der Waals surface area (Å²) < 4.78 is 6.06. The SMILES string of the molecule is CC(CC(=O)O/C=C(\C#N)c1ccc(Br)cc1)CC(C)(C)C. The van der Waals surface area contributed by atoms with Crippen molar-refractivity contribution in [2.24, 2.45) is 11.3 Å². The molecule has 1 unspecified atom stereocenters. The molecule has 0 aliphatic rings. The fourth-order valence-electron chi connectivity index (χ4n) is 2.36. The van der Waals surface area contributed by atoms with Gasteiger partial charge in [0.15, 0.2) is 0 Å². The van der Waals surface area contributed by atoms with Crippen molar-refractivity contribution >= 4 is 27.5 Å². The van der Waals surface area contributed by atoms with Crippen molar-refractivity contribution < 1.29 is 9.53 Å². The zero-order chi connectivity index (χ0) is 16.8. The summed E-state index contributed by atoms with van der Waals surface area (Å²) >= 11 is 3.34. The number of nitrogens with zero attached hydrogens (tertiary/aromatic N) is 1. The lowest BCUT2D eigenvalue weighted by atomic mass is 9.84. The van der Waals surface area contributed by atoms with E-state index in [2.05, 4.69) is 42.8 Å². The van der Waals surface area contributed by atoms with Crippen molar-refractivity contribution in [1.82, 2.24) is 0 Å². The number of benzene rings is 1. The average Bonchev–Trinajstić information content (AvgIpc) is 2.39. The van der Waals surface area contributed by atoms with E-state index in [0.717, 1.165) is 16.5 Å². The summed E-state index contributed by atoms with van der Waals surface area (Å²) in [4.78, 5) is 11.9. The molecule has 0 radical (unpaired) electrons. The lowest BCUT2D eigenvalue weighted by Gasteiger charge is -2.22. The smallest absolute Gasteiger partial charge is 0.310 e. The minimum absolute atomic E-state index is 0.185. The maximum absolute atomic E-state index is 11.9. The molecule has 0 aliphatic carbocycles. The van der Waals surface area contributed by atoms with Crippen LogP contribution >= 0.6 is 15.9 Å². The van der Waals surface area contributed by atoms with Crippen LogP contribution in [-0.2, 0) is 9.53 Å². The molecular formula is C18H22BrNO2. The Morgan fingerprint density at radius 2 is 1.95 bits per heavy atom. The quantitative estimate of drug-likeness (QED) is 0.404. The van der Waals surface area contributed by atoms with Crippen LogP contribution in [0.15, 0.2) is 35.0 Å². The largest absolute Gasteiger partial charge is 0.433 e. The first-order valence-electron chi connectivity index (χ1n) is 7.27. The first-order chi connectivity index (χ1) is 10.2. The van der Waals surface area contributed by atoms with Gasteiger partial charge in [-0.2, -0.15) is 5.26 Å². The molecular weight excluding hydrogens is 342 g/mol. The van der Waals surface area contributed by atoms with Crippen LogP contribution in [0.1, 0.15) is 46.1 Å². The van der Waals surface area contributed by atoms with Crippen LogP contribution in [0.25, 0.3) is 5.57 Å². The fraction of sp³-hybridized carbons (Fsp3) is 0.444. The van der Waals surface area contributed by atoms with Gasteiger partial charge in [0, 0.05) is 10.9 Å². The molecule has 0 saturated heterocycles. The molecule has 0 bridgehead atoms. The van der Waals surface area contributed by atoms with Crippen molar-refractivity contribution in [3.63, 3.8) is 0 Å². The second-order valence-corrected chi connectivity index (χ2v) is 7.63. The topological polar surface area (TPSA) is 50.1 Å². The maximum atomic E-state index is 11.9. The summed E-state index contributed by atoms with van der Waals surface area (Å²) in [5, 5.41) is 9.18. The Labute approximate surface area is 141 Å². The Hall–Kier alpha value is -1.60.